The molecule has 1 amide bonds. The van der Waals surface area contributed by atoms with Gasteiger partial charge in [0.2, 0.25) is 10.0 Å². The minimum Gasteiger partial charge on any atom is -0.345 e. The number of sulfonamides is 1. The number of aromatic nitrogens is 1. The molecule has 7 nitrogen and oxygen atoms in total. The van der Waals surface area contributed by atoms with E-state index in [-0.39, 0.29) is 23.4 Å². The fourth-order valence-electron chi connectivity index (χ4n) is 2.23. The fourth-order valence-corrected chi connectivity index (χ4v) is 3.61. The summed E-state index contributed by atoms with van der Waals surface area (Å²) in [5.74, 6) is 0.0906. The second kappa shape index (κ2) is 5.78. The second-order valence-corrected chi connectivity index (χ2v) is 7.39. The Labute approximate surface area is 125 Å². The highest BCUT2D eigenvalue weighted by Gasteiger charge is 2.34. The molecule has 1 aromatic rings. The van der Waals surface area contributed by atoms with Crippen molar-refractivity contribution in [1.29, 1.82) is 0 Å². The van der Waals surface area contributed by atoms with E-state index in [1.165, 1.54) is 21.7 Å². The average Bonchev–Trinajstić information content (AvgIpc) is 3.17. The molecule has 0 aliphatic heterocycles. The van der Waals surface area contributed by atoms with Crippen molar-refractivity contribution in [2.24, 2.45) is 18.7 Å². The van der Waals surface area contributed by atoms with Crippen LogP contribution in [0.5, 0.6) is 0 Å². The van der Waals surface area contributed by atoms with Crippen LogP contribution in [0.15, 0.2) is 17.2 Å². The standard InChI is InChI=1S/C13H22N4O3S/c1-16(2)13(18)12-6-10(8-17(12)3)21(19,20)15-11(7-14)9-4-5-9/h6,8-9,11,15H,4-5,7,14H2,1-3H3. The number of amides is 1. The third-order valence-electron chi connectivity index (χ3n) is 3.67. The molecule has 0 saturated heterocycles. The molecule has 21 heavy (non-hydrogen) atoms. The molecule has 1 fully saturated rings. The number of hydrogen-bond acceptors (Lipinski definition) is 4. The second-order valence-electron chi connectivity index (χ2n) is 5.67. The number of rotatable bonds is 6. The van der Waals surface area contributed by atoms with Crippen molar-refractivity contribution in [3.05, 3.63) is 18.0 Å². The lowest BCUT2D eigenvalue weighted by atomic mass is 10.2. The topological polar surface area (TPSA) is 97.4 Å². The maximum Gasteiger partial charge on any atom is 0.269 e. The van der Waals surface area contributed by atoms with Crippen molar-refractivity contribution in [3.8, 4) is 0 Å². The Bertz CT molecular complexity index is 632. The maximum atomic E-state index is 12.4. The summed E-state index contributed by atoms with van der Waals surface area (Å²) < 4.78 is 28.9. The van der Waals surface area contributed by atoms with Crippen LogP contribution in [0.25, 0.3) is 0 Å². The predicted molar refractivity (Wildman–Crippen MR) is 79.3 cm³/mol. The number of hydrogen-bond donors (Lipinski definition) is 2. The summed E-state index contributed by atoms with van der Waals surface area (Å²) in [6.45, 7) is 0.278. The first-order chi connectivity index (χ1) is 9.76. The van der Waals surface area contributed by atoms with Crippen molar-refractivity contribution < 1.29 is 13.2 Å². The Hall–Kier alpha value is -1.38. The van der Waals surface area contributed by atoms with E-state index in [1.54, 1.807) is 21.1 Å². The van der Waals surface area contributed by atoms with Crippen molar-refractivity contribution in [3.63, 3.8) is 0 Å². The van der Waals surface area contributed by atoms with E-state index < -0.39 is 10.0 Å². The summed E-state index contributed by atoms with van der Waals surface area (Å²) in [6, 6.07) is 1.16. The Morgan fingerprint density at radius 1 is 1.52 bits per heavy atom. The molecule has 8 heteroatoms. The Morgan fingerprint density at radius 2 is 2.14 bits per heavy atom. The zero-order valence-corrected chi connectivity index (χ0v) is 13.4. The summed E-state index contributed by atoms with van der Waals surface area (Å²) >= 11 is 0. The molecular formula is C13H22N4O3S. The van der Waals surface area contributed by atoms with Crippen LogP contribution in [0.2, 0.25) is 0 Å². The molecule has 118 valence electrons. The van der Waals surface area contributed by atoms with E-state index in [0.29, 0.717) is 11.6 Å². The van der Waals surface area contributed by atoms with Gasteiger partial charge in [-0.1, -0.05) is 0 Å². The molecule has 0 spiro atoms. The molecule has 1 aliphatic carbocycles. The molecule has 0 radical (unpaired) electrons. The third-order valence-corrected chi connectivity index (χ3v) is 5.12. The zero-order valence-electron chi connectivity index (χ0n) is 12.5. The molecule has 1 aliphatic rings. The number of nitrogens with one attached hydrogen (secondary N) is 1. The van der Waals surface area contributed by atoms with Gasteiger partial charge in [-0.05, 0) is 24.8 Å². The predicted octanol–water partition coefficient (Wildman–Crippen LogP) is -0.257. The van der Waals surface area contributed by atoms with Crippen molar-refractivity contribution >= 4 is 15.9 Å². The Morgan fingerprint density at radius 3 is 2.62 bits per heavy atom. The lowest BCUT2D eigenvalue weighted by molar-refractivity contribution is 0.0818. The van der Waals surface area contributed by atoms with Crippen molar-refractivity contribution in [1.82, 2.24) is 14.2 Å². The van der Waals surface area contributed by atoms with Crippen molar-refractivity contribution in [2.45, 2.75) is 23.8 Å². The van der Waals surface area contributed by atoms with Crippen LogP contribution in [-0.4, -0.2) is 50.5 Å². The van der Waals surface area contributed by atoms with E-state index >= 15 is 0 Å². The highest BCUT2D eigenvalue weighted by atomic mass is 32.2. The smallest absolute Gasteiger partial charge is 0.269 e. The normalized spacial score (nSPS) is 16.8. The Kier molecular flexibility index (Phi) is 4.40. The molecule has 3 N–H and O–H groups in total. The molecule has 1 aromatic heterocycles. The van der Waals surface area contributed by atoms with Gasteiger partial charge in [-0.25, -0.2) is 13.1 Å². The lowest BCUT2D eigenvalue weighted by Crippen LogP contribution is -2.41. The summed E-state index contributed by atoms with van der Waals surface area (Å²) in [5.41, 5.74) is 5.96. The molecule has 0 bridgehead atoms. The van der Waals surface area contributed by atoms with Gasteiger partial charge in [-0.2, -0.15) is 0 Å². The van der Waals surface area contributed by atoms with Crippen LogP contribution in [0.3, 0.4) is 0 Å². The molecule has 1 atom stereocenters. The minimum atomic E-state index is -3.66. The number of carbonyl (C=O) groups is 1. The highest BCUT2D eigenvalue weighted by molar-refractivity contribution is 7.89. The van der Waals surface area contributed by atoms with Crippen LogP contribution in [0.4, 0.5) is 0 Å². The molecular weight excluding hydrogens is 292 g/mol. The summed E-state index contributed by atoms with van der Waals surface area (Å²) in [6.07, 6.45) is 3.45. The SMILES string of the molecule is CN(C)C(=O)c1cc(S(=O)(=O)NC(CN)C2CC2)cn1C. The van der Waals surface area contributed by atoms with Gasteiger partial charge in [0.25, 0.3) is 5.91 Å². The first-order valence-electron chi connectivity index (χ1n) is 6.86. The number of nitrogens with zero attached hydrogens (tertiary/aromatic N) is 2. The number of nitrogens with two attached hydrogens (primary N) is 1. The van der Waals surface area contributed by atoms with Gasteiger partial charge in [0, 0.05) is 39.9 Å². The van der Waals surface area contributed by atoms with Gasteiger partial charge >= 0.3 is 0 Å². The summed E-state index contributed by atoms with van der Waals surface area (Å²) in [7, 11) is 1.24. The van der Waals surface area contributed by atoms with Crippen LogP contribution < -0.4 is 10.5 Å². The average molecular weight is 314 g/mol. The lowest BCUT2D eigenvalue weighted by Gasteiger charge is -2.15. The van der Waals surface area contributed by atoms with Gasteiger partial charge in [0.15, 0.2) is 0 Å². The first kappa shape index (κ1) is 16.0. The fraction of sp³-hybridized carbons (Fsp3) is 0.615. The molecule has 1 heterocycles. The van der Waals surface area contributed by atoms with Crippen LogP contribution in [0.1, 0.15) is 23.3 Å². The van der Waals surface area contributed by atoms with Gasteiger partial charge < -0.3 is 15.2 Å². The summed E-state index contributed by atoms with van der Waals surface area (Å²) in [4.78, 5) is 13.5. The quantitative estimate of drug-likeness (QED) is 0.756. The van der Waals surface area contributed by atoms with Crippen LogP contribution in [-0.2, 0) is 17.1 Å². The minimum absolute atomic E-state index is 0.0919. The first-order valence-corrected chi connectivity index (χ1v) is 8.35. The molecule has 0 aromatic carbocycles. The Balaban J connectivity index is 2.24. The highest BCUT2D eigenvalue weighted by Crippen LogP contribution is 2.33. The largest absolute Gasteiger partial charge is 0.345 e. The molecule has 1 unspecified atom stereocenters. The van der Waals surface area contributed by atoms with E-state index in [1.807, 2.05) is 0 Å². The summed E-state index contributed by atoms with van der Waals surface area (Å²) in [5, 5.41) is 0. The van der Waals surface area contributed by atoms with Crippen LogP contribution >= 0.6 is 0 Å². The molecule has 1 saturated carbocycles. The van der Waals surface area contributed by atoms with E-state index in [4.69, 9.17) is 5.73 Å². The van der Waals surface area contributed by atoms with E-state index in [9.17, 15) is 13.2 Å². The van der Waals surface area contributed by atoms with Crippen LogP contribution in [0, 0.1) is 5.92 Å². The third kappa shape index (κ3) is 3.45. The van der Waals surface area contributed by atoms with E-state index in [0.717, 1.165) is 12.8 Å². The number of aryl methyl sites for hydroxylation is 1. The van der Waals surface area contributed by atoms with E-state index in [2.05, 4.69) is 4.72 Å². The monoisotopic (exact) mass is 314 g/mol. The molecule has 2 rings (SSSR count). The zero-order chi connectivity index (χ0) is 15.8. The van der Waals surface area contributed by atoms with Gasteiger partial charge in [0.1, 0.15) is 10.6 Å². The van der Waals surface area contributed by atoms with Crippen molar-refractivity contribution in [2.75, 3.05) is 20.6 Å². The number of carbonyl (C=O) groups excluding carboxylic acids is 1. The van der Waals surface area contributed by atoms with Gasteiger partial charge in [-0.15, -0.1) is 0 Å². The van der Waals surface area contributed by atoms with Gasteiger partial charge in [0.05, 0.1) is 0 Å². The maximum absolute atomic E-state index is 12.4. The van der Waals surface area contributed by atoms with Gasteiger partial charge in [-0.3, -0.25) is 4.79 Å².